The van der Waals surface area contributed by atoms with Gasteiger partial charge in [-0.1, -0.05) is 26.0 Å². The minimum absolute atomic E-state index is 0.200. The minimum atomic E-state index is -0.309. The van der Waals surface area contributed by atoms with Crippen LogP contribution in [0.2, 0.25) is 0 Å². The Balaban J connectivity index is 1.61. The average molecular weight is 409 g/mol. The SMILES string of the molecule is CC(C)c1cc(C(=O)NCc2ccc(NC(=O)c3ccco3)cc2)nn1C(C)(C)C. The normalized spacial score (nSPS) is 11.5. The van der Waals surface area contributed by atoms with Gasteiger partial charge in [-0.2, -0.15) is 5.10 Å². The molecule has 0 radical (unpaired) electrons. The van der Waals surface area contributed by atoms with Crippen molar-refractivity contribution in [2.75, 3.05) is 5.32 Å². The maximum atomic E-state index is 12.6. The molecule has 2 aromatic heterocycles. The monoisotopic (exact) mass is 408 g/mol. The van der Waals surface area contributed by atoms with Crippen LogP contribution in [-0.2, 0) is 12.1 Å². The van der Waals surface area contributed by atoms with E-state index in [0.29, 0.717) is 17.9 Å². The van der Waals surface area contributed by atoms with Gasteiger partial charge >= 0.3 is 0 Å². The lowest BCUT2D eigenvalue weighted by Crippen LogP contribution is -2.27. The van der Waals surface area contributed by atoms with Crippen molar-refractivity contribution in [3.63, 3.8) is 0 Å². The summed E-state index contributed by atoms with van der Waals surface area (Å²) >= 11 is 0. The first-order valence-corrected chi connectivity index (χ1v) is 9.97. The summed E-state index contributed by atoms with van der Waals surface area (Å²) < 4.78 is 7.00. The largest absolute Gasteiger partial charge is 0.459 e. The Kier molecular flexibility index (Phi) is 6.10. The molecular formula is C23H28N4O3. The molecular weight excluding hydrogens is 380 g/mol. The van der Waals surface area contributed by atoms with Crippen molar-refractivity contribution >= 4 is 17.5 Å². The van der Waals surface area contributed by atoms with Crippen LogP contribution < -0.4 is 10.6 Å². The summed E-state index contributed by atoms with van der Waals surface area (Å²) in [6.07, 6.45) is 1.45. The Labute approximate surface area is 176 Å². The highest BCUT2D eigenvalue weighted by Gasteiger charge is 2.23. The molecule has 7 heteroatoms. The van der Waals surface area contributed by atoms with Gasteiger partial charge in [-0.05, 0) is 62.6 Å². The van der Waals surface area contributed by atoms with E-state index < -0.39 is 0 Å². The van der Waals surface area contributed by atoms with Gasteiger partial charge in [0, 0.05) is 17.9 Å². The van der Waals surface area contributed by atoms with Crippen molar-refractivity contribution in [3.8, 4) is 0 Å². The number of rotatable bonds is 6. The third-order valence-corrected chi connectivity index (χ3v) is 4.61. The quantitative estimate of drug-likeness (QED) is 0.627. The lowest BCUT2D eigenvalue weighted by Gasteiger charge is -2.23. The number of furan rings is 1. The van der Waals surface area contributed by atoms with E-state index in [0.717, 1.165) is 11.3 Å². The molecule has 30 heavy (non-hydrogen) atoms. The Morgan fingerprint density at radius 1 is 1.10 bits per heavy atom. The maximum Gasteiger partial charge on any atom is 0.291 e. The highest BCUT2D eigenvalue weighted by atomic mass is 16.3. The van der Waals surface area contributed by atoms with Crippen LogP contribution in [0.15, 0.2) is 53.1 Å². The topological polar surface area (TPSA) is 89.2 Å². The summed E-state index contributed by atoms with van der Waals surface area (Å²) in [7, 11) is 0. The second kappa shape index (κ2) is 8.57. The predicted octanol–water partition coefficient (Wildman–Crippen LogP) is 4.54. The van der Waals surface area contributed by atoms with E-state index in [4.69, 9.17) is 4.42 Å². The van der Waals surface area contributed by atoms with Gasteiger partial charge in [0.25, 0.3) is 11.8 Å². The van der Waals surface area contributed by atoms with Crippen LogP contribution in [0.1, 0.15) is 72.8 Å². The lowest BCUT2D eigenvalue weighted by atomic mass is 10.1. The predicted molar refractivity (Wildman–Crippen MR) is 116 cm³/mol. The zero-order chi connectivity index (χ0) is 21.9. The first kappa shape index (κ1) is 21.4. The highest BCUT2D eigenvalue weighted by molar-refractivity contribution is 6.02. The molecule has 1 aromatic carbocycles. The van der Waals surface area contributed by atoms with Gasteiger partial charge in [0.15, 0.2) is 5.76 Å². The van der Waals surface area contributed by atoms with Crippen LogP contribution in [0.4, 0.5) is 5.69 Å². The molecule has 0 spiro atoms. The van der Waals surface area contributed by atoms with Crippen LogP contribution in [0.25, 0.3) is 0 Å². The van der Waals surface area contributed by atoms with Gasteiger partial charge in [-0.25, -0.2) is 0 Å². The number of nitrogens with one attached hydrogen (secondary N) is 2. The molecule has 0 aliphatic heterocycles. The zero-order valence-electron chi connectivity index (χ0n) is 18.0. The van der Waals surface area contributed by atoms with Crippen molar-refractivity contribution in [2.24, 2.45) is 0 Å². The Bertz CT molecular complexity index is 1010. The van der Waals surface area contributed by atoms with Gasteiger partial charge < -0.3 is 15.1 Å². The fourth-order valence-electron chi connectivity index (χ4n) is 3.03. The number of hydrogen-bond acceptors (Lipinski definition) is 4. The molecule has 2 heterocycles. The Morgan fingerprint density at radius 3 is 2.33 bits per heavy atom. The van der Waals surface area contributed by atoms with E-state index in [1.165, 1.54) is 6.26 Å². The summed E-state index contributed by atoms with van der Waals surface area (Å²) in [4.78, 5) is 24.6. The molecule has 7 nitrogen and oxygen atoms in total. The first-order chi connectivity index (χ1) is 14.1. The number of aromatic nitrogens is 2. The molecule has 0 saturated heterocycles. The zero-order valence-corrected chi connectivity index (χ0v) is 18.0. The maximum absolute atomic E-state index is 12.6. The third-order valence-electron chi connectivity index (χ3n) is 4.61. The summed E-state index contributed by atoms with van der Waals surface area (Å²) in [6, 6.07) is 12.4. The Hall–Kier alpha value is -3.35. The molecule has 0 fully saturated rings. The van der Waals surface area contributed by atoms with Gasteiger partial charge in [0.2, 0.25) is 0 Å². The molecule has 3 aromatic rings. The van der Waals surface area contributed by atoms with Crippen LogP contribution >= 0.6 is 0 Å². The van der Waals surface area contributed by atoms with Crippen molar-refractivity contribution in [1.29, 1.82) is 0 Å². The van der Waals surface area contributed by atoms with E-state index >= 15 is 0 Å². The fraction of sp³-hybridized carbons (Fsp3) is 0.348. The summed E-state index contributed by atoms with van der Waals surface area (Å²) in [5, 5.41) is 10.2. The van der Waals surface area contributed by atoms with Gasteiger partial charge in [-0.15, -0.1) is 0 Å². The minimum Gasteiger partial charge on any atom is -0.459 e. The van der Waals surface area contributed by atoms with Crippen LogP contribution in [0.3, 0.4) is 0 Å². The van der Waals surface area contributed by atoms with Gasteiger partial charge in [-0.3, -0.25) is 14.3 Å². The second-order valence-electron chi connectivity index (χ2n) is 8.50. The summed E-state index contributed by atoms with van der Waals surface area (Å²) in [5.74, 6) is -0.00412. The second-order valence-corrected chi connectivity index (χ2v) is 8.50. The number of carbonyl (C=O) groups excluding carboxylic acids is 2. The van der Waals surface area contributed by atoms with Crippen LogP contribution in [0, 0.1) is 0 Å². The fourth-order valence-corrected chi connectivity index (χ4v) is 3.03. The summed E-state index contributed by atoms with van der Waals surface area (Å²) in [6.45, 7) is 10.8. The van der Waals surface area contributed by atoms with E-state index in [-0.39, 0.29) is 29.0 Å². The standard InChI is InChI=1S/C23H28N4O3/c1-15(2)19-13-18(26-27(19)23(3,4)5)21(28)24-14-16-8-10-17(11-9-16)25-22(29)20-7-6-12-30-20/h6-13,15H,14H2,1-5H3,(H,24,28)(H,25,29). The number of anilines is 1. The molecule has 158 valence electrons. The van der Waals surface area contributed by atoms with Gasteiger partial charge in [0.1, 0.15) is 5.69 Å². The highest BCUT2D eigenvalue weighted by Crippen LogP contribution is 2.23. The van der Waals surface area contributed by atoms with E-state index in [9.17, 15) is 9.59 Å². The molecule has 0 saturated carbocycles. The van der Waals surface area contributed by atoms with Crippen molar-refractivity contribution in [1.82, 2.24) is 15.1 Å². The van der Waals surface area contributed by atoms with E-state index in [1.54, 1.807) is 24.3 Å². The first-order valence-electron chi connectivity index (χ1n) is 9.97. The smallest absolute Gasteiger partial charge is 0.291 e. The molecule has 0 aliphatic carbocycles. The van der Waals surface area contributed by atoms with Crippen LogP contribution in [0.5, 0.6) is 0 Å². The number of hydrogen-bond donors (Lipinski definition) is 2. The molecule has 0 atom stereocenters. The number of nitrogens with zero attached hydrogens (tertiary/aromatic N) is 2. The van der Waals surface area contributed by atoms with E-state index in [2.05, 4.69) is 50.4 Å². The average Bonchev–Trinajstić information content (AvgIpc) is 3.37. The number of benzene rings is 1. The molecule has 2 N–H and O–H groups in total. The number of amides is 2. The summed E-state index contributed by atoms with van der Waals surface area (Å²) in [5.41, 5.74) is 2.81. The van der Waals surface area contributed by atoms with Crippen molar-refractivity contribution in [3.05, 3.63) is 71.4 Å². The van der Waals surface area contributed by atoms with E-state index in [1.807, 2.05) is 22.9 Å². The molecule has 2 amide bonds. The molecule has 0 unspecified atom stereocenters. The molecule has 0 aliphatic rings. The van der Waals surface area contributed by atoms with Gasteiger partial charge in [0.05, 0.1) is 11.8 Å². The van der Waals surface area contributed by atoms with Crippen molar-refractivity contribution < 1.29 is 14.0 Å². The number of carbonyl (C=O) groups is 2. The lowest BCUT2D eigenvalue weighted by molar-refractivity contribution is 0.0943. The third kappa shape index (κ3) is 4.97. The molecule has 0 bridgehead atoms. The van der Waals surface area contributed by atoms with Crippen LogP contribution in [-0.4, -0.2) is 21.6 Å². The Morgan fingerprint density at radius 2 is 1.80 bits per heavy atom. The molecule has 3 rings (SSSR count). The van der Waals surface area contributed by atoms with Crippen molar-refractivity contribution in [2.45, 2.75) is 52.6 Å².